The van der Waals surface area contributed by atoms with E-state index in [-0.39, 0.29) is 0 Å². The molecule has 0 aromatic heterocycles. The van der Waals surface area contributed by atoms with Crippen molar-refractivity contribution in [1.82, 2.24) is 5.32 Å². The van der Waals surface area contributed by atoms with Gasteiger partial charge in [-0.05, 0) is 6.07 Å². The Bertz CT molecular complexity index is 408. The molecule has 0 bridgehead atoms. The zero-order valence-corrected chi connectivity index (χ0v) is 9.92. The topological polar surface area (TPSA) is 61.7 Å². The standard InChI is InChI=1S/C10H11BrFNO3/c11-5-3-6(12)9(14)10(15)8(5)7-4-13-1-2-16-7/h3,7,13-15H,1-2,4H2. The minimum absolute atomic E-state index is 0.367. The molecule has 1 aliphatic rings. The third kappa shape index (κ3) is 2.00. The average Bonchev–Trinajstić information content (AvgIpc) is 2.28. The molecule has 3 N–H and O–H groups in total. The third-order valence-electron chi connectivity index (χ3n) is 2.47. The van der Waals surface area contributed by atoms with Crippen LogP contribution in [0.2, 0.25) is 0 Å². The molecule has 0 spiro atoms. The van der Waals surface area contributed by atoms with Crippen LogP contribution in [0.1, 0.15) is 11.7 Å². The molecule has 1 aromatic carbocycles. The predicted molar refractivity (Wildman–Crippen MR) is 59.0 cm³/mol. The molecule has 2 rings (SSSR count). The highest BCUT2D eigenvalue weighted by Gasteiger charge is 2.25. The van der Waals surface area contributed by atoms with Gasteiger partial charge in [0.15, 0.2) is 17.3 Å². The monoisotopic (exact) mass is 291 g/mol. The van der Waals surface area contributed by atoms with Crippen LogP contribution < -0.4 is 5.32 Å². The van der Waals surface area contributed by atoms with Gasteiger partial charge in [-0.3, -0.25) is 0 Å². The summed E-state index contributed by atoms with van der Waals surface area (Å²) >= 11 is 3.15. The molecule has 4 nitrogen and oxygen atoms in total. The molecular formula is C10H11BrFNO3. The van der Waals surface area contributed by atoms with Crippen LogP contribution in [-0.4, -0.2) is 29.9 Å². The lowest BCUT2D eigenvalue weighted by atomic mass is 10.1. The SMILES string of the molecule is Oc1c(F)cc(Br)c(C2CNCCO2)c1O. The van der Waals surface area contributed by atoms with Gasteiger partial charge in [-0.15, -0.1) is 0 Å². The molecular weight excluding hydrogens is 281 g/mol. The summed E-state index contributed by atoms with van der Waals surface area (Å²) in [7, 11) is 0. The van der Waals surface area contributed by atoms with Crippen LogP contribution >= 0.6 is 15.9 Å². The van der Waals surface area contributed by atoms with Crippen LogP contribution in [0.25, 0.3) is 0 Å². The van der Waals surface area contributed by atoms with Crippen molar-refractivity contribution >= 4 is 15.9 Å². The molecule has 1 fully saturated rings. The number of hydrogen-bond acceptors (Lipinski definition) is 4. The fraction of sp³-hybridized carbons (Fsp3) is 0.400. The number of ether oxygens (including phenoxy) is 1. The molecule has 0 aliphatic carbocycles. The van der Waals surface area contributed by atoms with Crippen molar-refractivity contribution in [1.29, 1.82) is 0 Å². The lowest BCUT2D eigenvalue weighted by molar-refractivity contribution is 0.0255. The normalized spacial score (nSPS) is 21.0. The van der Waals surface area contributed by atoms with Crippen LogP contribution in [0.4, 0.5) is 4.39 Å². The minimum Gasteiger partial charge on any atom is -0.504 e. The molecule has 88 valence electrons. The lowest BCUT2D eigenvalue weighted by Crippen LogP contribution is -2.33. The molecule has 1 aliphatic heterocycles. The number of phenolic OH excluding ortho intramolecular Hbond substituents is 2. The van der Waals surface area contributed by atoms with E-state index in [4.69, 9.17) is 4.74 Å². The first-order valence-corrected chi connectivity index (χ1v) is 5.62. The van der Waals surface area contributed by atoms with Crippen molar-refractivity contribution < 1.29 is 19.3 Å². The summed E-state index contributed by atoms with van der Waals surface area (Å²) in [5.74, 6) is -2.08. The van der Waals surface area contributed by atoms with Crippen molar-refractivity contribution in [3.05, 3.63) is 21.9 Å². The van der Waals surface area contributed by atoms with Crippen LogP contribution in [0.15, 0.2) is 10.5 Å². The largest absolute Gasteiger partial charge is 0.504 e. The summed E-state index contributed by atoms with van der Waals surface area (Å²) in [6.07, 6.45) is -0.394. The van der Waals surface area contributed by atoms with Crippen molar-refractivity contribution in [2.24, 2.45) is 0 Å². The van der Waals surface area contributed by atoms with Gasteiger partial charge in [0, 0.05) is 23.1 Å². The van der Waals surface area contributed by atoms with Gasteiger partial charge in [0.1, 0.15) is 0 Å². The molecule has 1 unspecified atom stereocenters. The van der Waals surface area contributed by atoms with E-state index in [1.54, 1.807) is 0 Å². The fourth-order valence-corrected chi connectivity index (χ4v) is 2.31. The van der Waals surface area contributed by atoms with E-state index in [0.717, 1.165) is 12.6 Å². The number of aromatic hydroxyl groups is 2. The van der Waals surface area contributed by atoms with E-state index in [0.29, 0.717) is 23.2 Å². The first kappa shape index (κ1) is 11.6. The summed E-state index contributed by atoms with van der Waals surface area (Å²) in [5, 5.41) is 22.1. The van der Waals surface area contributed by atoms with Gasteiger partial charge in [-0.25, -0.2) is 4.39 Å². The number of halogens is 2. The number of hydrogen-bond donors (Lipinski definition) is 3. The second-order valence-electron chi connectivity index (χ2n) is 3.51. The second-order valence-corrected chi connectivity index (χ2v) is 4.37. The minimum atomic E-state index is -0.864. The Morgan fingerprint density at radius 2 is 2.19 bits per heavy atom. The maximum Gasteiger partial charge on any atom is 0.194 e. The molecule has 1 atom stereocenters. The Morgan fingerprint density at radius 1 is 1.44 bits per heavy atom. The van der Waals surface area contributed by atoms with Gasteiger partial charge >= 0.3 is 0 Å². The average molecular weight is 292 g/mol. The van der Waals surface area contributed by atoms with Gasteiger partial charge < -0.3 is 20.3 Å². The highest BCUT2D eigenvalue weighted by atomic mass is 79.9. The second kappa shape index (κ2) is 4.57. The van der Waals surface area contributed by atoms with Gasteiger partial charge in [-0.1, -0.05) is 15.9 Å². The summed E-state index contributed by atoms with van der Waals surface area (Å²) in [6, 6.07) is 1.11. The zero-order chi connectivity index (χ0) is 11.7. The highest BCUT2D eigenvalue weighted by molar-refractivity contribution is 9.10. The van der Waals surface area contributed by atoms with E-state index in [9.17, 15) is 14.6 Å². The highest BCUT2D eigenvalue weighted by Crippen LogP contribution is 2.41. The number of morpholine rings is 1. The van der Waals surface area contributed by atoms with Crippen molar-refractivity contribution in [2.75, 3.05) is 19.7 Å². The van der Waals surface area contributed by atoms with Crippen LogP contribution in [0.3, 0.4) is 0 Å². The molecule has 0 radical (unpaired) electrons. The molecule has 16 heavy (non-hydrogen) atoms. The molecule has 6 heteroatoms. The van der Waals surface area contributed by atoms with Crippen molar-refractivity contribution in [2.45, 2.75) is 6.10 Å². The molecule has 1 saturated heterocycles. The molecule has 0 saturated carbocycles. The van der Waals surface area contributed by atoms with Crippen LogP contribution in [0.5, 0.6) is 11.5 Å². The van der Waals surface area contributed by atoms with Crippen molar-refractivity contribution in [3.8, 4) is 11.5 Å². The predicted octanol–water partition coefficient (Wildman–Crippen LogP) is 1.66. The number of benzene rings is 1. The van der Waals surface area contributed by atoms with Crippen molar-refractivity contribution in [3.63, 3.8) is 0 Å². The Hall–Kier alpha value is -0.850. The number of nitrogens with one attached hydrogen (secondary N) is 1. The van der Waals surface area contributed by atoms with E-state index in [1.165, 1.54) is 0 Å². The van der Waals surface area contributed by atoms with E-state index >= 15 is 0 Å². The van der Waals surface area contributed by atoms with Gasteiger partial charge in [-0.2, -0.15) is 0 Å². The van der Waals surface area contributed by atoms with E-state index in [2.05, 4.69) is 21.2 Å². The quantitative estimate of drug-likeness (QED) is 0.689. The number of phenols is 2. The summed E-state index contributed by atoms with van der Waals surface area (Å²) in [5.41, 5.74) is 0.367. The Balaban J connectivity index is 2.42. The summed E-state index contributed by atoms with van der Waals surface area (Å²) < 4.78 is 18.9. The third-order valence-corrected chi connectivity index (χ3v) is 3.12. The zero-order valence-electron chi connectivity index (χ0n) is 8.33. The molecule has 0 amide bonds. The first-order chi connectivity index (χ1) is 7.61. The van der Waals surface area contributed by atoms with E-state index < -0.39 is 23.4 Å². The maximum atomic E-state index is 13.1. The smallest absolute Gasteiger partial charge is 0.194 e. The van der Waals surface area contributed by atoms with Crippen LogP contribution in [-0.2, 0) is 4.74 Å². The Morgan fingerprint density at radius 3 is 2.81 bits per heavy atom. The molecule has 1 aromatic rings. The first-order valence-electron chi connectivity index (χ1n) is 4.83. The van der Waals surface area contributed by atoms with Gasteiger partial charge in [0.2, 0.25) is 0 Å². The maximum absolute atomic E-state index is 13.1. The fourth-order valence-electron chi connectivity index (χ4n) is 1.67. The number of rotatable bonds is 1. The summed E-state index contributed by atoms with van der Waals surface area (Å²) in [6.45, 7) is 1.76. The van der Waals surface area contributed by atoms with Gasteiger partial charge in [0.05, 0.1) is 12.7 Å². The Kier molecular flexibility index (Phi) is 3.32. The Labute approximate surface area is 100 Å². The van der Waals surface area contributed by atoms with Gasteiger partial charge in [0.25, 0.3) is 0 Å². The summed E-state index contributed by atoms with van der Waals surface area (Å²) in [4.78, 5) is 0. The molecule has 1 heterocycles. The van der Waals surface area contributed by atoms with E-state index in [1.807, 2.05) is 0 Å². The van der Waals surface area contributed by atoms with Crippen LogP contribution in [0, 0.1) is 5.82 Å². The lowest BCUT2D eigenvalue weighted by Gasteiger charge is -2.25.